The lowest BCUT2D eigenvalue weighted by Crippen LogP contribution is -2.25. The number of rotatable bonds is 8. The van der Waals surface area contributed by atoms with Crippen LogP contribution in [-0.4, -0.2) is 44.2 Å². The van der Waals surface area contributed by atoms with E-state index in [1.165, 1.54) is 7.11 Å². The van der Waals surface area contributed by atoms with E-state index in [0.717, 1.165) is 38.3 Å². The Balaban J connectivity index is 2.50. The van der Waals surface area contributed by atoms with Gasteiger partial charge in [0.15, 0.2) is 0 Å². The monoisotopic (exact) mass is 279 g/mol. The van der Waals surface area contributed by atoms with Gasteiger partial charge in [-0.2, -0.15) is 0 Å². The first kappa shape index (κ1) is 16.3. The van der Waals surface area contributed by atoms with Crippen molar-refractivity contribution in [1.29, 1.82) is 0 Å². The summed E-state index contributed by atoms with van der Waals surface area (Å²) in [4.78, 5) is 13.9. The summed E-state index contributed by atoms with van der Waals surface area (Å²) in [5, 5.41) is 3.30. The molecule has 0 aromatic heterocycles. The van der Waals surface area contributed by atoms with Gasteiger partial charge >= 0.3 is 5.97 Å². The molecular weight excluding hydrogens is 254 g/mol. The SMILES string of the molecule is CCN(CC)CCCNc1ccc(N)c(C(=O)OC)c1. The van der Waals surface area contributed by atoms with E-state index in [1.807, 2.05) is 6.07 Å². The maximum atomic E-state index is 11.5. The summed E-state index contributed by atoms with van der Waals surface area (Å²) >= 11 is 0. The van der Waals surface area contributed by atoms with Crippen LogP contribution < -0.4 is 11.1 Å². The summed E-state index contributed by atoms with van der Waals surface area (Å²) in [6, 6.07) is 5.33. The fourth-order valence-corrected chi connectivity index (χ4v) is 2.03. The second kappa shape index (κ2) is 8.43. The number of anilines is 2. The Labute approximate surface area is 121 Å². The van der Waals surface area contributed by atoms with Crippen LogP contribution in [0.3, 0.4) is 0 Å². The van der Waals surface area contributed by atoms with Crippen molar-refractivity contribution in [2.75, 3.05) is 44.3 Å². The minimum Gasteiger partial charge on any atom is -0.465 e. The van der Waals surface area contributed by atoms with Gasteiger partial charge in [-0.1, -0.05) is 13.8 Å². The summed E-state index contributed by atoms with van der Waals surface area (Å²) in [7, 11) is 1.35. The average molecular weight is 279 g/mol. The minimum atomic E-state index is -0.408. The van der Waals surface area contributed by atoms with Crippen LogP contribution in [0.4, 0.5) is 11.4 Å². The van der Waals surface area contributed by atoms with Crippen molar-refractivity contribution < 1.29 is 9.53 Å². The zero-order valence-electron chi connectivity index (χ0n) is 12.6. The van der Waals surface area contributed by atoms with Crippen molar-refractivity contribution >= 4 is 17.3 Å². The van der Waals surface area contributed by atoms with E-state index in [1.54, 1.807) is 12.1 Å². The van der Waals surface area contributed by atoms with Crippen LogP contribution in [0.5, 0.6) is 0 Å². The Morgan fingerprint density at radius 1 is 1.35 bits per heavy atom. The predicted molar refractivity (Wildman–Crippen MR) is 83.1 cm³/mol. The molecule has 5 heteroatoms. The molecule has 112 valence electrons. The summed E-state index contributed by atoms with van der Waals surface area (Å²) < 4.78 is 4.70. The van der Waals surface area contributed by atoms with Gasteiger partial charge in [0.1, 0.15) is 0 Å². The second-order valence-electron chi connectivity index (χ2n) is 4.60. The Morgan fingerprint density at radius 2 is 2.05 bits per heavy atom. The standard InChI is InChI=1S/C15H25N3O2/c1-4-18(5-2)10-6-9-17-12-7-8-14(16)13(11-12)15(19)20-3/h7-8,11,17H,4-6,9-10,16H2,1-3H3. The molecule has 0 aliphatic rings. The lowest BCUT2D eigenvalue weighted by atomic mass is 10.1. The molecule has 0 bridgehead atoms. The molecule has 0 spiro atoms. The first-order valence-electron chi connectivity index (χ1n) is 7.06. The van der Waals surface area contributed by atoms with Crippen LogP contribution >= 0.6 is 0 Å². The molecular formula is C15H25N3O2. The van der Waals surface area contributed by atoms with Gasteiger partial charge in [-0.15, -0.1) is 0 Å². The van der Waals surface area contributed by atoms with Crippen molar-refractivity contribution in [2.24, 2.45) is 0 Å². The number of methoxy groups -OCH3 is 1. The molecule has 1 aromatic carbocycles. The van der Waals surface area contributed by atoms with Gasteiger partial charge in [0.25, 0.3) is 0 Å². The third-order valence-corrected chi connectivity index (χ3v) is 3.33. The Morgan fingerprint density at radius 3 is 2.65 bits per heavy atom. The van der Waals surface area contributed by atoms with E-state index >= 15 is 0 Å². The number of nitrogen functional groups attached to an aromatic ring is 1. The van der Waals surface area contributed by atoms with Crippen LogP contribution in [0, 0.1) is 0 Å². The summed E-state index contributed by atoms with van der Waals surface area (Å²) in [6.07, 6.45) is 1.06. The van der Waals surface area contributed by atoms with E-state index in [4.69, 9.17) is 10.5 Å². The fourth-order valence-electron chi connectivity index (χ4n) is 2.03. The number of hydrogen-bond donors (Lipinski definition) is 2. The quantitative estimate of drug-likeness (QED) is 0.434. The van der Waals surface area contributed by atoms with E-state index < -0.39 is 5.97 Å². The van der Waals surface area contributed by atoms with Gasteiger partial charge in [-0.05, 0) is 44.3 Å². The van der Waals surface area contributed by atoms with Gasteiger partial charge in [0.05, 0.1) is 12.7 Å². The molecule has 20 heavy (non-hydrogen) atoms. The molecule has 0 saturated carbocycles. The molecule has 1 aromatic rings. The van der Waals surface area contributed by atoms with Crippen molar-refractivity contribution in [3.05, 3.63) is 23.8 Å². The number of esters is 1. The van der Waals surface area contributed by atoms with E-state index in [2.05, 4.69) is 24.1 Å². The molecule has 0 unspecified atom stereocenters. The molecule has 0 amide bonds. The van der Waals surface area contributed by atoms with Crippen LogP contribution in [-0.2, 0) is 4.74 Å². The van der Waals surface area contributed by atoms with Crippen molar-refractivity contribution in [2.45, 2.75) is 20.3 Å². The fraction of sp³-hybridized carbons (Fsp3) is 0.533. The number of carbonyl (C=O) groups excluding carboxylic acids is 1. The third kappa shape index (κ3) is 4.74. The van der Waals surface area contributed by atoms with Crippen LogP contribution in [0.15, 0.2) is 18.2 Å². The number of nitrogens with zero attached hydrogens (tertiary/aromatic N) is 1. The van der Waals surface area contributed by atoms with Gasteiger partial charge in [0, 0.05) is 17.9 Å². The van der Waals surface area contributed by atoms with Crippen molar-refractivity contribution in [3.63, 3.8) is 0 Å². The maximum Gasteiger partial charge on any atom is 0.340 e. The molecule has 5 nitrogen and oxygen atoms in total. The molecule has 0 aliphatic heterocycles. The maximum absolute atomic E-state index is 11.5. The second-order valence-corrected chi connectivity index (χ2v) is 4.60. The number of nitrogens with two attached hydrogens (primary N) is 1. The lowest BCUT2D eigenvalue weighted by molar-refractivity contribution is 0.0602. The van der Waals surface area contributed by atoms with E-state index in [0.29, 0.717) is 11.3 Å². The number of hydrogen-bond acceptors (Lipinski definition) is 5. The Kier molecular flexibility index (Phi) is 6.87. The van der Waals surface area contributed by atoms with Crippen LogP contribution in [0.2, 0.25) is 0 Å². The molecule has 0 saturated heterocycles. The van der Waals surface area contributed by atoms with E-state index in [-0.39, 0.29) is 0 Å². The highest BCUT2D eigenvalue weighted by Crippen LogP contribution is 2.18. The Bertz CT molecular complexity index is 431. The number of benzene rings is 1. The summed E-state index contributed by atoms with van der Waals surface area (Å²) in [5.41, 5.74) is 7.49. The number of carbonyl (C=O) groups is 1. The van der Waals surface area contributed by atoms with Crippen LogP contribution in [0.25, 0.3) is 0 Å². The van der Waals surface area contributed by atoms with Crippen molar-refractivity contribution in [1.82, 2.24) is 4.90 Å². The lowest BCUT2D eigenvalue weighted by Gasteiger charge is -2.18. The van der Waals surface area contributed by atoms with Gasteiger partial charge in [0.2, 0.25) is 0 Å². The smallest absolute Gasteiger partial charge is 0.340 e. The highest BCUT2D eigenvalue weighted by molar-refractivity contribution is 5.96. The summed E-state index contributed by atoms with van der Waals surface area (Å²) in [5.74, 6) is -0.408. The van der Waals surface area contributed by atoms with Gasteiger partial charge in [-0.3, -0.25) is 0 Å². The minimum absolute atomic E-state index is 0.404. The first-order valence-corrected chi connectivity index (χ1v) is 7.06. The molecule has 1 rings (SSSR count). The molecule has 0 heterocycles. The first-order chi connectivity index (χ1) is 9.62. The molecule has 0 atom stereocenters. The highest BCUT2D eigenvalue weighted by Gasteiger charge is 2.10. The van der Waals surface area contributed by atoms with Crippen LogP contribution in [0.1, 0.15) is 30.6 Å². The van der Waals surface area contributed by atoms with Crippen molar-refractivity contribution in [3.8, 4) is 0 Å². The molecule has 0 fully saturated rings. The number of nitrogens with one attached hydrogen (secondary N) is 1. The predicted octanol–water partition coefficient (Wildman–Crippen LogP) is 2.20. The Hall–Kier alpha value is -1.75. The highest BCUT2D eigenvalue weighted by atomic mass is 16.5. The topological polar surface area (TPSA) is 67.6 Å². The largest absolute Gasteiger partial charge is 0.465 e. The van der Waals surface area contributed by atoms with Gasteiger partial charge in [-0.25, -0.2) is 4.79 Å². The zero-order chi connectivity index (χ0) is 15.0. The normalized spacial score (nSPS) is 10.6. The third-order valence-electron chi connectivity index (χ3n) is 3.33. The number of ether oxygens (including phenoxy) is 1. The molecule has 0 radical (unpaired) electrons. The van der Waals surface area contributed by atoms with Gasteiger partial charge < -0.3 is 20.7 Å². The zero-order valence-corrected chi connectivity index (χ0v) is 12.6. The molecule has 0 aliphatic carbocycles. The average Bonchev–Trinajstić information content (AvgIpc) is 2.48. The summed E-state index contributed by atoms with van der Waals surface area (Å²) in [6.45, 7) is 8.41. The molecule has 3 N–H and O–H groups in total. The van der Waals surface area contributed by atoms with E-state index in [9.17, 15) is 4.79 Å².